The maximum Gasteiger partial charge on any atom is 0.238 e. The van der Waals surface area contributed by atoms with Gasteiger partial charge in [0.25, 0.3) is 0 Å². The molecule has 10 aromatic rings. The van der Waals surface area contributed by atoms with Crippen molar-refractivity contribution in [3.05, 3.63) is 248 Å². The van der Waals surface area contributed by atoms with Crippen molar-refractivity contribution in [1.29, 1.82) is 0 Å². The van der Waals surface area contributed by atoms with Crippen LogP contribution < -0.4 is 0 Å². The van der Waals surface area contributed by atoms with Gasteiger partial charge in [0.05, 0.1) is 22.1 Å². The Morgan fingerprint density at radius 2 is 1.19 bits per heavy atom. The van der Waals surface area contributed by atoms with E-state index in [1.54, 1.807) is 6.08 Å². The third-order valence-electron chi connectivity index (χ3n) is 13.2. The minimum absolute atomic E-state index is 0.550. The van der Waals surface area contributed by atoms with Crippen molar-refractivity contribution in [3.63, 3.8) is 0 Å². The molecule has 0 atom stereocenters. The maximum atomic E-state index is 5.10. The lowest BCUT2D eigenvalue weighted by Gasteiger charge is -2.20. The number of rotatable bonds is 8. The molecule has 0 unspecified atom stereocenters. The van der Waals surface area contributed by atoms with Crippen molar-refractivity contribution in [2.24, 2.45) is 0 Å². The number of hydrogen-bond donors (Lipinski definition) is 0. The van der Waals surface area contributed by atoms with Crippen molar-refractivity contribution in [3.8, 4) is 45.3 Å². The lowest BCUT2D eigenvalue weighted by atomic mass is 9.88. The average Bonchev–Trinajstić information content (AvgIpc) is 3.91. The van der Waals surface area contributed by atoms with E-state index in [0.717, 1.165) is 61.6 Å². The SMILES string of the molecule is C=C/C(=C\C=C/C)c1nc(-c2ccccc2)nc(-n2c3ccccc3c3cc(-c4ccc(-c5ccc6c(c5)c5ccccc5n6-c5ccc6c(c5C)/C(=C\C)C(=C)/C=C\C=C/C6)cc4)ccc32)n1. The van der Waals surface area contributed by atoms with Gasteiger partial charge in [-0.15, -0.1) is 0 Å². The van der Waals surface area contributed by atoms with E-state index in [4.69, 9.17) is 15.0 Å². The molecule has 326 valence electrons. The third kappa shape index (κ3) is 7.26. The summed E-state index contributed by atoms with van der Waals surface area (Å²) in [5.41, 5.74) is 18.0. The molecule has 1 aliphatic rings. The number of hydrogen-bond acceptors (Lipinski definition) is 3. The summed E-state index contributed by atoms with van der Waals surface area (Å²) in [6.07, 6.45) is 19.4. The zero-order chi connectivity index (χ0) is 46.3. The van der Waals surface area contributed by atoms with Gasteiger partial charge in [-0.3, -0.25) is 4.57 Å². The molecule has 5 heteroatoms. The summed E-state index contributed by atoms with van der Waals surface area (Å²) in [4.78, 5) is 15.1. The quantitative estimate of drug-likeness (QED) is 0.143. The van der Waals surface area contributed by atoms with Gasteiger partial charge < -0.3 is 4.57 Å². The Labute approximate surface area is 397 Å². The lowest BCUT2D eigenvalue weighted by molar-refractivity contribution is 0.932. The Kier molecular flexibility index (Phi) is 10.9. The number of fused-ring (bicyclic) bond motifs is 7. The monoisotopic (exact) mass is 875 g/mol. The first-order valence-corrected chi connectivity index (χ1v) is 23.2. The molecule has 0 spiro atoms. The van der Waals surface area contributed by atoms with Gasteiger partial charge in [-0.2, -0.15) is 9.97 Å². The summed E-state index contributed by atoms with van der Waals surface area (Å²) in [6.45, 7) is 14.9. The van der Waals surface area contributed by atoms with Gasteiger partial charge in [0.2, 0.25) is 5.95 Å². The van der Waals surface area contributed by atoms with Crippen LogP contribution >= 0.6 is 0 Å². The van der Waals surface area contributed by atoms with Gasteiger partial charge in [-0.05, 0) is 120 Å². The van der Waals surface area contributed by atoms with Crippen molar-refractivity contribution in [2.45, 2.75) is 27.2 Å². The number of benzene rings is 7. The second-order valence-corrected chi connectivity index (χ2v) is 17.2. The molecule has 0 saturated carbocycles. The third-order valence-corrected chi connectivity index (χ3v) is 13.2. The van der Waals surface area contributed by atoms with Crippen LogP contribution in [0.2, 0.25) is 0 Å². The molecule has 3 aromatic heterocycles. The van der Waals surface area contributed by atoms with Crippen LogP contribution in [0.15, 0.2) is 225 Å². The molecular weight excluding hydrogens is 827 g/mol. The topological polar surface area (TPSA) is 48.5 Å². The zero-order valence-electron chi connectivity index (χ0n) is 38.5. The molecule has 1 aliphatic carbocycles. The predicted octanol–water partition coefficient (Wildman–Crippen LogP) is 16.1. The largest absolute Gasteiger partial charge is 0.309 e. The van der Waals surface area contributed by atoms with Crippen molar-refractivity contribution >= 4 is 54.8 Å². The Bertz CT molecular complexity index is 3810. The fourth-order valence-corrected chi connectivity index (χ4v) is 9.95. The van der Waals surface area contributed by atoms with E-state index in [0.29, 0.717) is 17.6 Å². The Morgan fingerprint density at radius 1 is 0.588 bits per heavy atom. The minimum atomic E-state index is 0.550. The van der Waals surface area contributed by atoms with Crippen LogP contribution in [0.5, 0.6) is 0 Å². The number of para-hydroxylation sites is 2. The highest BCUT2D eigenvalue weighted by molar-refractivity contribution is 6.12. The van der Waals surface area contributed by atoms with Crippen molar-refractivity contribution < 1.29 is 0 Å². The summed E-state index contributed by atoms with van der Waals surface area (Å²) in [5.74, 6) is 1.71. The molecular formula is C63H49N5. The Morgan fingerprint density at radius 3 is 1.84 bits per heavy atom. The van der Waals surface area contributed by atoms with Crippen LogP contribution in [0.25, 0.3) is 100 Å². The molecule has 3 heterocycles. The molecule has 68 heavy (non-hydrogen) atoms. The average molecular weight is 876 g/mol. The molecule has 11 rings (SSSR count). The molecule has 0 saturated heterocycles. The summed E-state index contributed by atoms with van der Waals surface area (Å²) >= 11 is 0. The normalized spacial score (nSPS) is 14.7. The number of allylic oxidation sites excluding steroid dienone is 12. The minimum Gasteiger partial charge on any atom is -0.309 e. The maximum absolute atomic E-state index is 5.10. The van der Waals surface area contributed by atoms with Gasteiger partial charge in [-0.25, -0.2) is 4.98 Å². The van der Waals surface area contributed by atoms with E-state index < -0.39 is 0 Å². The summed E-state index contributed by atoms with van der Waals surface area (Å²) in [5, 5.41) is 4.70. The molecule has 5 nitrogen and oxygen atoms in total. The van der Waals surface area contributed by atoms with Gasteiger partial charge in [0.1, 0.15) is 0 Å². The highest BCUT2D eigenvalue weighted by Crippen LogP contribution is 2.40. The second kappa shape index (κ2) is 17.6. The second-order valence-electron chi connectivity index (χ2n) is 17.2. The summed E-state index contributed by atoms with van der Waals surface area (Å²) < 4.78 is 4.60. The molecule has 0 N–H and O–H groups in total. The van der Waals surface area contributed by atoms with Crippen LogP contribution in [0.4, 0.5) is 0 Å². The van der Waals surface area contributed by atoms with Crippen LogP contribution in [-0.4, -0.2) is 24.1 Å². The van der Waals surface area contributed by atoms with Crippen LogP contribution in [0.3, 0.4) is 0 Å². The first-order chi connectivity index (χ1) is 33.4. The standard InChI is InChI=1S/C63H49N5/c1-6-9-21-43(7-2)61-64-62(47-23-14-11-15-24-47)66-63(65-61)68-57-28-19-17-26-52(57)54-40-49(35-38-59(54)68)45-31-29-44(30-32-45)48-34-37-58-53(39-48)51-25-16-18-27-56(51)67(58)55-36-33-46-22-13-10-12-20-41(4)50(8-3)60(46)42(55)5/h6-21,23-40H,2,4,22H2,1,3,5H3/b9-6-,13-10-,20-12-,43-21+,50-8-. The lowest BCUT2D eigenvalue weighted by Crippen LogP contribution is -2.07. The fraction of sp³-hybridized carbons (Fsp3) is 0.0635. The predicted molar refractivity (Wildman–Crippen MR) is 287 cm³/mol. The first-order valence-electron chi connectivity index (χ1n) is 23.2. The number of nitrogens with zero attached hydrogens (tertiary/aromatic N) is 5. The zero-order valence-corrected chi connectivity index (χ0v) is 38.5. The van der Waals surface area contributed by atoms with Crippen LogP contribution in [-0.2, 0) is 6.42 Å². The Hall–Kier alpha value is -8.67. The van der Waals surface area contributed by atoms with Gasteiger partial charge in [0, 0.05) is 38.4 Å². The highest BCUT2D eigenvalue weighted by Gasteiger charge is 2.21. The van der Waals surface area contributed by atoms with Gasteiger partial charge in [-0.1, -0.05) is 177 Å². The molecule has 0 amide bonds. The van der Waals surface area contributed by atoms with Crippen molar-refractivity contribution in [1.82, 2.24) is 24.1 Å². The molecule has 0 radical (unpaired) electrons. The summed E-state index contributed by atoms with van der Waals surface area (Å²) in [7, 11) is 0. The first kappa shape index (κ1) is 42.0. The molecule has 0 fully saturated rings. The molecule has 7 aromatic carbocycles. The summed E-state index contributed by atoms with van der Waals surface area (Å²) in [6, 6.07) is 54.5. The highest BCUT2D eigenvalue weighted by atomic mass is 15.2. The smallest absolute Gasteiger partial charge is 0.238 e. The van der Waals surface area contributed by atoms with Crippen molar-refractivity contribution in [2.75, 3.05) is 0 Å². The molecule has 0 aliphatic heterocycles. The van der Waals surface area contributed by atoms with Crippen LogP contribution in [0.1, 0.15) is 36.4 Å². The van der Waals surface area contributed by atoms with E-state index in [9.17, 15) is 0 Å². The molecule has 0 bridgehead atoms. The fourth-order valence-electron chi connectivity index (χ4n) is 9.95. The van der Waals surface area contributed by atoms with E-state index in [1.165, 1.54) is 55.3 Å². The Balaban J connectivity index is 0.978. The van der Waals surface area contributed by atoms with E-state index in [2.05, 4.69) is 188 Å². The van der Waals surface area contributed by atoms with Crippen LogP contribution in [0, 0.1) is 6.92 Å². The van der Waals surface area contributed by atoms with Gasteiger partial charge >= 0.3 is 0 Å². The van der Waals surface area contributed by atoms with E-state index in [-0.39, 0.29) is 0 Å². The number of aromatic nitrogens is 5. The van der Waals surface area contributed by atoms with E-state index in [1.807, 2.05) is 55.5 Å². The van der Waals surface area contributed by atoms with E-state index >= 15 is 0 Å². The van der Waals surface area contributed by atoms with Gasteiger partial charge in [0.15, 0.2) is 11.6 Å².